The highest BCUT2D eigenvalue weighted by atomic mass is 79.9. The third-order valence-electron chi connectivity index (χ3n) is 4.68. The largest absolute Gasteiger partial charge is 0.350 e. The molecule has 0 atom stereocenters. The summed E-state index contributed by atoms with van der Waals surface area (Å²) in [5.74, 6) is 1.46. The summed E-state index contributed by atoms with van der Waals surface area (Å²) in [6.45, 7) is 3.07. The van der Waals surface area contributed by atoms with Gasteiger partial charge in [0.15, 0.2) is 0 Å². The van der Waals surface area contributed by atoms with Gasteiger partial charge in [-0.2, -0.15) is 0 Å². The van der Waals surface area contributed by atoms with Crippen molar-refractivity contribution >= 4 is 21.8 Å². The van der Waals surface area contributed by atoms with Crippen LogP contribution in [0.1, 0.15) is 40.6 Å². The zero-order valence-electron chi connectivity index (χ0n) is 15.0. The van der Waals surface area contributed by atoms with Crippen molar-refractivity contribution < 1.29 is 4.79 Å². The number of amides is 1. The minimum absolute atomic E-state index is 0.109. The number of benzene rings is 1. The van der Waals surface area contributed by atoms with Gasteiger partial charge in [-0.3, -0.25) is 9.78 Å². The average Bonchev–Trinajstić information content (AvgIpc) is 3.40. The molecule has 0 radical (unpaired) electrons. The van der Waals surface area contributed by atoms with Crippen LogP contribution in [0, 0.1) is 6.92 Å². The highest BCUT2D eigenvalue weighted by Gasteiger charge is 2.28. The summed E-state index contributed by atoms with van der Waals surface area (Å²) in [5.41, 5.74) is 3.18. The van der Waals surface area contributed by atoms with Crippen molar-refractivity contribution in [1.29, 1.82) is 0 Å². The maximum absolute atomic E-state index is 12.5. The van der Waals surface area contributed by atoms with Crippen molar-refractivity contribution in [2.45, 2.75) is 32.2 Å². The maximum Gasteiger partial charge on any atom is 0.253 e. The van der Waals surface area contributed by atoms with Crippen molar-refractivity contribution in [3.8, 4) is 11.3 Å². The predicted octanol–water partition coefficient (Wildman–Crippen LogP) is 3.72. The third kappa shape index (κ3) is 4.08. The monoisotopic (exact) mass is 425 g/mol. The Morgan fingerprint density at radius 3 is 2.89 bits per heavy atom. The average molecular weight is 426 g/mol. The molecule has 3 aromatic rings. The molecule has 0 aliphatic heterocycles. The first-order chi connectivity index (χ1) is 13.1. The molecule has 4 rings (SSSR count). The van der Waals surface area contributed by atoms with E-state index in [1.807, 2.05) is 47.9 Å². The van der Waals surface area contributed by atoms with E-state index in [0.29, 0.717) is 30.3 Å². The molecule has 0 spiro atoms. The number of carbonyl (C=O) groups excluding carboxylic acids is 1. The van der Waals surface area contributed by atoms with E-state index in [-0.39, 0.29) is 5.91 Å². The minimum Gasteiger partial charge on any atom is -0.350 e. The lowest BCUT2D eigenvalue weighted by Crippen LogP contribution is -2.28. The van der Waals surface area contributed by atoms with E-state index in [0.717, 1.165) is 21.6 Å². The third-order valence-corrected chi connectivity index (χ3v) is 5.17. The van der Waals surface area contributed by atoms with Crippen LogP contribution in [0.15, 0.2) is 47.2 Å². The predicted molar refractivity (Wildman–Crippen MR) is 106 cm³/mol. The van der Waals surface area contributed by atoms with Crippen molar-refractivity contribution in [3.63, 3.8) is 0 Å². The second kappa shape index (κ2) is 7.60. The van der Waals surface area contributed by atoms with Crippen LogP contribution in [0.3, 0.4) is 0 Å². The Balaban J connectivity index is 1.40. The highest BCUT2D eigenvalue weighted by Crippen LogP contribution is 2.38. The van der Waals surface area contributed by atoms with E-state index in [1.165, 1.54) is 12.8 Å². The smallest absolute Gasteiger partial charge is 0.253 e. The van der Waals surface area contributed by atoms with Gasteiger partial charge in [0.05, 0.1) is 17.0 Å². The number of hydrogen-bond acceptors (Lipinski definition) is 4. The molecule has 1 aromatic carbocycles. The summed E-state index contributed by atoms with van der Waals surface area (Å²) in [7, 11) is 0. The highest BCUT2D eigenvalue weighted by molar-refractivity contribution is 9.10. The van der Waals surface area contributed by atoms with Crippen molar-refractivity contribution in [3.05, 3.63) is 64.3 Å². The second-order valence-electron chi connectivity index (χ2n) is 6.75. The van der Waals surface area contributed by atoms with Gasteiger partial charge in [-0.25, -0.2) is 0 Å². The molecular formula is C20H20BrN5O. The van der Waals surface area contributed by atoms with Crippen LogP contribution >= 0.6 is 15.9 Å². The molecule has 6 nitrogen and oxygen atoms in total. The molecule has 7 heteroatoms. The summed E-state index contributed by atoms with van der Waals surface area (Å²) >= 11 is 3.48. The van der Waals surface area contributed by atoms with Crippen LogP contribution in [-0.4, -0.2) is 32.2 Å². The SMILES string of the molecule is Cc1nc(-c2cccc(Br)c2)ccc1C(=O)NCCn1cnnc1C1CC1. The molecule has 0 saturated heterocycles. The molecule has 1 aliphatic rings. The summed E-state index contributed by atoms with van der Waals surface area (Å²) in [5, 5.41) is 11.1. The number of nitrogens with zero attached hydrogens (tertiary/aromatic N) is 4. The molecule has 0 unspecified atom stereocenters. The first-order valence-electron chi connectivity index (χ1n) is 9.01. The molecule has 0 bridgehead atoms. The van der Waals surface area contributed by atoms with E-state index >= 15 is 0 Å². The van der Waals surface area contributed by atoms with Gasteiger partial charge >= 0.3 is 0 Å². The van der Waals surface area contributed by atoms with Gasteiger partial charge < -0.3 is 9.88 Å². The van der Waals surface area contributed by atoms with E-state index in [9.17, 15) is 4.79 Å². The molecule has 2 aromatic heterocycles. The minimum atomic E-state index is -0.109. The van der Waals surface area contributed by atoms with Crippen molar-refractivity contribution in [2.75, 3.05) is 6.54 Å². The summed E-state index contributed by atoms with van der Waals surface area (Å²) in [6, 6.07) is 11.7. The van der Waals surface area contributed by atoms with E-state index < -0.39 is 0 Å². The number of carbonyl (C=O) groups is 1. The molecule has 1 N–H and O–H groups in total. The van der Waals surface area contributed by atoms with Crippen molar-refractivity contribution in [2.24, 2.45) is 0 Å². The topological polar surface area (TPSA) is 72.7 Å². The number of pyridine rings is 1. The standard InChI is InChI=1S/C20H20BrN5O/c1-13-17(7-8-18(24-13)15-3-2-4-16(21)11-15)20(27)22-9-10-26-12-23-25-19(26)14-5-6-14/h2-4,7-8,11-12,14H,5-6,9-10H2,1H3,(H,22,27). The van der Waals surface area contributed by atoms with E-state index in [4.69, 9.17) is 0 Å². The number of rotatable bonds is 6. The van der Waals surface area contributed by atoms with Crippen LogP contribution in [0.4, 0.5) is 0 Å². The molecule has 2 heterocycles. The van der Waals surface area contributed by atoms with Gasteiger partial charge in [-0.15, -0.1) is 10.2 Å². The molecule has 1 amide bonds. The lowest BCUT2D eigenvalue weighted by molar-refractivity contribution is 0.0951. The second-order valence-corrected chi connectivity index (χ2v) is 7.67. The van der Waals surface area contributed by atoms with Gasteiger partial charge in [-0.05, 0) is 44.0 Å². The number of halogens is 1. The number of nitrogens with one attached hydrogen (secondary N) is 1. The molecule has 1 fully saturated rings. The maximum atomic E-state index is 12.5. The van der Waals surface area contributed by atoms with Gasteiger partial charge in [-0.1, -0.05) is 28.1 Å². The fourth-order valence-corrected chi connectivity index (χ4v) is 3.49. The lowest BCUT2D eigenvalue weighted by Gasteiger charge is -2.10. The Morgan fingerprint density at radius 2 is 2.15 bits per heavy atom. The number of aryl methyl sites for hydroxylation is 1. The first kappa shape index (κ1) is 17.9. The van der Waals surface area contributed by atoms with Gasteiger partial charge in [0.1, 0.15) is 12.2 Å². The van der Waals surface area contributed by atoms with Gasteiger partial charge in [0, 0.05) is 29.0 Å². The fourth-order valence-electron chi connectivity index (χ4n) is 3.09. The molecule has 27 heavy (non-hydrogen) atoms. The summed E-state index contributed by atoms with van der Waals surface area (Å²) < 4.78 is 3.03. The van der Waals surface area contributed by atoms with E-state index in [1.54, 1.807) is 6.33 Å². The molecule has 138 valence electrons. The van der Waals surface area contributed by atoms with Crippen LogP contribution in [0.25, 0.3) is 11.3 Å². The summed E-state index contributed by atoms with van der Waals surface area (Å²) in [4.78, 5) is 17.1. The first-order valence-corrected chi connectivity index (χ1v) is 9.80. The number of hydrogen-bond donors (Lipinski definition) is 1. The van der Waals surface area contributed by atoms with Crippen LogP contribution in [0.5, 0.6) is 0 Å². The lowest BCUT2D eigenvalue weighted by atomic mass is 10.1. The quantitative estimate of drug-likeness (QED) is 0.652. The van der Waals surface area contributed by atoms with Crippen molar-refractivity contribution in [1.82, 2.24) is 25.1 Å². The Labute approximate surface area is 166 Å². The normalized spacial score (nSPS) is 13.6. The van der Waals surface area contributed by atoms with Crippen LogP contribution in [0.2, 0.25) is 0 Å². The zero-order valence-corrected chi connectivity index (χ0v) is 16.6. The summed E-state index contributed by atoms with van der Waals surface area (Å²) in [6.07, 6.45) is 4.10. The molecule has 1 saturated carbocycles. The molecule has 1 aliphatic carbocycles. The Kier molecular flexibility index (Phi) is 5.03. The van der Waals surface area contributed by atoms with E-state index in [2.05, 4.69) is 36.4 Å². The number of aromatic nitrogens is 4. The van der Waals surface area contributed by atoms with Crippen LogP contribution < -0.4 is 5.32 Å². The Bertz CT molecular complexity index is 980. The van der Waals surface area contributed by atoms with Gasteiger partial charge in [0.25, 0.3) is 5.91 Å². The fraction of sp³-hybridized carbons (Fsp3) is 0.300. The van der Waals surface area contributed by atoms with Crippen LogP contribution in [-0.2, 0) is 6.54 Å². The Hall–Kier alpha value is -2.54. The van der Waals surface area contributed by atoms with Gasteiger partial charge in [0.2, 0.25) is 0 Å². The zero-order chi connectivity index (χ0) is 18.8. The molecular weight excluding hydrogens is 406 g/mol. The Morgan fingerprint density at radius 1 is 1.30 bits per heavy atom.